The molecule has 0 aliphatic heterocycles. The molecule has 0 unspecified atom stereocenters. The van der Waals surface area contributed by atoms with E-state index in [1.165, 1.54) is 36.4 Å². The van der Waals surface area contributed by atoms with Crippen molar-refractivity contribution in [1.29, 1.82) is 0 Å². The van der Waals surface area contributed by atoms with Gasteiger partial charge in [-0.15, -0.1) is 10.2 Å². The molecule has 0 N–H and O–H groups in total. The summed E-state index contributed by atoms with van der Waals surface area (Å²) in [4.78, 5) is 0. The molecule has 8 heteroatoms. The van der Waals surface area contributed by atoms with Gasteiger partial charge in [0.15, 0.2) is 0 Å². The van der Waals surface area contributed by atoms with Crippen LogP contribution in [0.5, 0.6) is 5.75 Å². The molecule has 1 aromatic heterocycles. The number of benzene rings is 2. The van der Waals surface area contributed by atoms with Gasteiger partial charge in [-0.3, -0.25) is 0 Å². The topological polar surface area (TPSA) is 118 Å². The van der Waals surface area contributed by atoms with Crippen LogP contribution in [0.3, 0.4) is 0 Å². The van der Waals surface area contributed by atoms with Gasteiger partial charge < -0.3 is 9.15 Å². The first-order chi connectivity index (χ1) is 15.3. The third-order valence-electron chi connectivity index (χ3n) is 4.93. The highest BCUT2D eigenvalue weighted by atomic mass is 35.7. The quantitative estimate of drug-likeness (QED) is 0.454. The molecule has 3 rings (SSSR count). The first-order valence-corrected chi connectivity index (χ1v) is 11.9. The van der Waals surface area contributed by atoms with E-state index in [0.29, 0.717) is 0 Å². The summed E-state index contributed by atoms with van der Waals surface area (Å²) in [6.07, 6.45) is 4.79. The molecular formula is C24H30ClNO6. The van der Waals surface area contributed by atoms with Gasteiger partial charge in [0.05, 0.1) is 18.6 Å². The van der Waals surface area contributed by atoms with Crippen molar-refractivity contribution in [3.8, 4) is 17.1 Å². The van der Waals surface area contributed by atoms with E-state index < -0.39 is 10.2 Å². The summed E-state index contributed by atoms with van der Waals surface area (Å²) < 4.78 is 48.0. The van der Waals surface area contributed by atoms with E-state index in [9.17, 15) is 0 Å². The number of hydrogen-bond donors (Lipinski definition) is 0. The molecule has 0 bridgehead atoms. The number of ether oxygens (including phenoxy) is 1. The van der Waals surface area contributed by atoms with Crippen LogP contribution in [-0.2, 0) is 0 Å². The van der Waals surface area contributed by atoms with Gasteiger partial charge in [0.1, 0.15) is 30.2 Å². The van der Waals surface area contributed by atoms with Crippen LogP contribution in [0.4, 0.5) is 0 Å². The van der Waals surface area contributed by atoms with Gasteiger partial charge in [-0.2, -0.15) is 0 Å². The van der Waals surface area contributed by atoms with Crippen molar-refractivity contribution in [1.82, 2.24) is 4.58 Å². The van der Waals surface area contributed by atoms with E-state index in [0.717, 1.165) is 35.7 Å². The second-order valence-corrected chi connectivity index (χ2v) is 8.05. The Balaban J connectivity index is 0.000000654. The van der Waals surface area contributed by atoms with E-state index in [1.54, 1.807) is 7.11 Å². The number of nitrogens with zero attached hydrogens (tertiary/aromatic N) is 1. The van der Waals surface area contributed by atoms with Crippen LogP contribution in [0, 0.1) is 10.2 Å². The fourth-order valence-corrected chi connectivity index (χ4v) is 3.33. The lowest BCUT2D eigenvalue weighted by Crippen LogP contribution is -2.68. The molecule has 0 aliphatic rings. The van der Waals surface area contributed by atoms with Crippen molar-refractivity contribution < 1.29 is 38.0 Å². The average Bonchev–Trinajstić information content (AvgIpc) is 2.77. The Kier molecular flexibility index (Phi) is 10.2. The number of halogens is 1. The normalized spacial score (nSPS) is 11.1. The number of rotatable bonds is 8. The van der Waals surface area contributed by atoms with Gasteiger partial charge in [0.25, 0.3) is 0 Å². The number of unbranched alkanes of at least 4 members (excludes halogenated alkanes) is 2. The minimum absolute atomic E-state index is 0.854. The minimum atomic E-state index is -4.94. The largest absolute Gasteiger partial charge is 0.497 e. The monoisotopic (exact) mass is 463 g/mol. The molecule has 0 saturated carbocycles. The van der Waals surface area contributed by atoms with Crippen molar-refractivity contribution in [3.05, 3.63) is 60.0 Å². The van der Waals surface area contributed by atoms with Gasteiger partial charge >= 0.3 is 0 Å². The van der Waals surface area contributed by atoms with E-state index in [2.05, 4.69) is 54.8 Å². The summed E-state index contributed by atoms with van der Waals surface area (Å²) in [5.41, 5.74) is 1.99. The lowest BCUT2D eigenvalue weighted by atomic mass is 10.1. The Hall–Kier alpha value is -2.42. The zero-order valence-corrected chi connectivity index (χ0v) is 19.5. The lowest BCUT2D eigenvalue weighted by molar-refractivity contribution is -2.00. The molecule has 0 spiro atoms. The SMILES string of the molecule is CCCC[N+](CCCC)=c1cc(-c2ccc(OC)cc2)oc2ccccc12.[O-][Cl+3]([O-])([O-])[O-]. The molecule has 0 amide bonds. The molecule has 7 nitrogen and oxygen atoms in total. The minimum Gasteiger partial charge on any atom is -0.497 e. The van der Waals surface area contributed by atoms with Crippen LogP contribution in [0.1, 0.15) is 39.5 Å². The molecule has 0 atom stereocenters. The molecular weight excluding hydrogens is 434 g/mol. The third kappa shape index (κ3) is 8.26. The Morgan fingerprint density at radius 2 is 1.44 bits per heavy atom. The zero-order chi connectivity index (χ0) is 23.6. The highest BCUT2D eigenvalue weighted by Gasteiger charge is 2.13. The molecule has 2 aromatic carbocycles. The van der Waals surface area contributed by atoms with Crippen molar-refractivity contribution in [2.24, 2.45) is 0 Å². The maximum absolute atomic E-state index is 8.49. The fraction of sp³-hybridized carbons (Fsp3) is 0.375. The highest BCUT2D eigenvalue weighted by Crippen LogP contribution is 2.24. The Morgan fingerprint density at radius 3 is 1.97 bits per heavy atom. The van der Waals surface area contributed by atoms with Crippen molar-refractivity contribution in [2.75, 3.05) is 20.2 Å². The first kappa shape index (κ1) is 25.8. The van der Waals surface area contributed by atoms with Crippen LogP contribution >= 0.6 is 0 Å². The molecule has 0 saturated heterocycles. The zero-order valence-electron chi connectivity index (χ0n) is 18.7. The maximum Gasteiger partial charge on any atom is 0.214 e. The summed E-state index contributed by atoms with van der Waals surface area (Å²) in [7, 11) is -3.26. The summed E-state index contributed by atoms with van der Waals surface area (Å²) in [5.74, 6) is 1.75. The number of methoxy groups -OCH3 is 1. The van der Waals surface area contributed by atoms with Gasteiger partial charge in [0, 0.05) is 18.4 Å². The van der Waals surface area contributed by atoms with E-state index in [-0.39, 0.29) is 0 Å². The van der Waals surface area contributed by atoms with Crippen LogP contribution in [0.15, 0.2) is 59.0 Å². The van der Waals surface area contributed by atoms with Gasteiger partial charge in [-0.1, -0.05) is 38.8 Å². The van der Waals surface area contributed by atoms with Crippen LogP contribution < -0.4 is 33.3 Å². The summed E-state index contributed by atoms with van der Waals surface area (Å²) in [6.45, 7) is 6.65. The lowest BCUT2D eigenvalue weighted by Gasteiger charge is -2.17. The summed E-state index contributed by atoms with van der Waals surface area (Å²) >= 11 is 0. The predicted octanol–water partition coefficient (Wildman–Crippen LogP) is 0.725. The standard InChI is InChI=1S/C24H30NO2.ClHO4/c1-4-6-16-25(17-7-5-2)22-18-24(19-12-14-20(26-3)15-13-19)27-23-11-9-8-10-21(22)23;2-1(3,4)5/h8-15,18H,4-7,16-17H2,1-3H3;(H,2,3,4,5)/q+1;/p-1. The molecule has 32 heavy (non-hydrogen) atoms. The Bertz CT molecular complexity index is 1020. The Morgan fingerprint density at radius 1 is 0.875 bits per heavy atom. The maximum atomic E-state index is 8.49. The number of hydrogen-bond acceptors (Lipinski definition) is 6. The fourth-order valence-electron chi connectivity index (χ4n) is 3.33. The molecule has 1 heterocycles. The summed E-state index contributed by atoms with van der Waals surface area (Å²) in [5, 5.41) is 2.45. The van der Waals surface area contributed by atoms with Crippen molar-refractivity contribution in [2.45, 2.75) is 39.5 Å². The van der Waals surface area contributed by atoms with E-state index >= 15 is 0 Å². The first-order valence-electron chi connectivity index (χ1n) is 10.6. The second kappa shape index (κ2) is 12.6. The third-order valence-corrected chi connectivity index (χ3v) is 4.93. The van der Waals surface area contributed by atoms with Gasteiger partial charge in [0.2, 0.25) is 5.36 Å². The van der Waals surface area contributed by atoms with Gasteiger partial charge in [-0.05, 0) is 36.4 Å². The molecule has 3 aromatic rings. The van der Waals surface area contributed by atoms with Crippen LogP contribution in [0.2, 0.25) is 0 Å². The van der Waals surface area contributed by atoms with E-state index in [4.69, 9.17) is 27.8 Å². The smallest absolute Gasteiger partial charge is 0.214 e. The molecule has 0 radical (unpaired) electrons. The molecule has 0 fully saturated rings. The summed E-state index contributed by atoms with van der Waals surface area (Å²) in [6, 6.07) is 18.6. The highest BCUT2D eigenvalue weighted by molar-refractivity contribution is 5.78. The van der Waals surface area contributed by atoms with Crippen LogP contribution in [0.25, 0.3) is 22.3 Å². The Labute approximate surface area is 190 Å². The average molecular weight is 464 g/mol. The van der Waals surface area contributed by atoms with Crippen molar-refractivity contribution in [3.63, 3.8) is 0 Å². The van der Waals surface area contributed by atoms with Crippen LogP contribution in [-0.4, -0.2) is 20.2 Å². The second-order valence-electron chi connectivity index (χ2n) is 7.29. The van der Waals surface area contributed by atoms with E-state index in [1.807, 2.05) is 18.2 Å². The number of para-hydroxylation sites is 1. The van der Waals surface area contributed by atoms with Gasteiger partial charge in [-0.25, -0.2) is 23.2 Å². The predicted molar refractivity (Wildman–Crippen MR) is 113 cm³/mol. The molecule has 174 valence electrons. The van der Waals surface area contributed by atoms with Crippen molar-refractivity contribution >= 4 is 11.0 Å². The molecule has 0 aliphatic carbocycles. The number of fused-ring (bicyclic) bond motifs is 1.